The molecule has 5 rings (SSSR count). The highest BCUT2D eigenvalue weighted by molar-refractivity contribution is 6.30. The van der Waals surface area contributed by atoms with Crippen LogP contribution in [0.1, 0.15) is 6.42 Å². The minimum absolute atomic E-state index is 0.0979. The maximum atomic E-state index is 14.6. The monoisotopic (exact) mass is 554 g/mol. The van der Waals surface area contributed by atoms with E-state index in [-0.39, 0.29) is 24.0 Å². The number of carbonyl (C=O) groups is 1. The number of aliphatic hydroxyl groups is 1. The van der Waals surface area contributed by atoms with E-state index in [1.807, 2.05) is 4.90 Å². The van der Waals surface area contributed by atoms with Crippen LogP contribution in [-0.4, -0.2) is 95.5 Å². The van der Waals surface area contributed by atoms with Crippen LogP contribution < -0.4 is 15.5 Å². The third kappa shape index (κ3) is 6.80. The van der Waals surface area contributed by atoms with Gasteiger partial charge in [0, 0.05) is 93.3 Å². The molecule has 1 aromatic carbocycles. The van der Waals surface area contributed by atoms with Crippen LogP contribution in [0, 0.1) is 11.7 Å². The van der Waals surface area contributed by atoms with E-state index in [0.717, 1.165) is 26.2 Å². The molecule has 4 heterocycles. The smallest absolute Gasteiger partial charge is 0.226 e. The molecule has 0 bridgehead atoms. The zero-order valence-corrected chi connectivity index (χ0v) is 22.5. The summed E-state index contributed by atoms with van der Waals surface area (Å²) in [6.45, 7) is 6.00. The number of nitrogens with zero attached hydrogens (tertiary/aromatic N) is 6. The van der Waals surface area contributed by atoms with Gasteiger partial charge in [0.15, 0.2) is 5.82 Å². The van der Waals surface area contributed by atoms with Crippen molar-refractivity contribution in [3.05, 3.63) is 53.4 Å². The van der Waals surface area contributed by atoms with E-state index in [4.69, 9.17) is 11.6 Å². The van der Waals surface area contributed by atoms with Crippen LogP contribution in [0.5, 0.6) is 0 Å². The minimum Gasteiger partial charge on any atom is -0.396 e. The molecule has 2 fully saturated rings. The molecule has 2 aliphatic heterocycles. The van der Waals surface area contributed by atoms with Gasteiger partial charge in [0.1, 0.15) is 11.6 Å². The highest BCUT2D eigenvalue weighted by Crippen LogP contribution is 2.35. The molecule has 2 aliphatic rings. The van der Waals surface area contributed by atoms with Gasteiger partial charge in [0.05, 0.1) is 11.4 Å². The van der Waals surface area contributed by atoms with Crippen LogP contribution in [0.25, 0.3) is 11.3 Å². The van der Waals surface area contributed by atoms with E-state index in [9.17, 15) is 14.3 Å². The molecular weight excluding hydrogens is 523 g/mol. The number of benzene rings is 1. The van der Waals surface area contributed by atoms with E-state index in [1.165, 1.54) is 18.2 Å². The van der Waals surface area contributed by atoms with Gasteiger partial charge in [-0.05, 0) is 37.4 Å². The fraction of sp³-hybridized carbons (Fsp3) is 0.407. The summed E-state index contributed by atoms with van der Waals surface area (Å²) in [6, 6.07) is 9.52. The average Bonchev–Trinajstić information content (AvgIpc) is 2.90. The van der Waals surface area contributed by atoms with Crippen molar-refractivity contribution >= 4 is 40.5 Å². The Morgan fingerprint density at radius 2 is 1.92 bits per heavy atom. The summed E-state index contributed by atoms with van der Waals surface area (Å²) in [6.07, 6.45) is 1.99. The number of aromatic nitrogens is 3. The lowest BCUT2D eigenvalue weighted by atomic mass is 10.0. The van der Waals surface area contributed by atoms with Crippen molar-refractivity contribution in [3.8, 4) is 11.3 Å². The molecule has 12 heteroatoms. The fourth-order valence-corrected chi connectivity index (χ4v) is 4.84. The molecule has 0 spiro atoms. The van der Waals surface area contributed by atoms with Crippen LogP contribution in [0.2, 0.25) is 5.02 Å². The van der Waals surface area contributed by atoms with Crippen molar-refractivity contribution in [2.24, 2.45) is 5.92 Å². The number of rotatable bonds is 9. The van der Waals surface area contributed by atoms with E-state index in [2.05, 4.69) is 42.7 Å². The van der Waals surface area contributed by atoms with Gasteiger partial charge in [-0.25, -0.2) is 9.37 Å². The molecule has 2 aromatic heterocycles. The Hall–Kier alpha value is -3.38. The SMILES string of the molecule is CN1CCN(CCC(=O)Nc2cc(Nc3cc(-c4cc(Cl)ccc4F)nnc3N3CC(CO)C3)ccn2)CC1. The van der Waals surface area contributed by atoms with E-state index in [0.29, 0.717) is 59.8 Å². The highest BCUT2D eigenvalue weighted by atomic mass is 35.5. The molecule has 0 saturated carbocycles. The number of halogens is 2. The molecule has 0 aliphatic carbocycles. The Balaban J connectivity index is 1.31. The molecule has 3 N–H and O–H groups in total. The fourth-order valence-electron chi connectivity index (χ4n) is 4.66. The number of nitrogens with one attached hydrogen (secondary N) is 2. The molecule has 0 unspecified atom stereocenters. The first kappa shape index (κ1) is 27.2. The lowest BCUT2D eigenvalue weighted by molar-refractivity contribution is -0.116. The molecule has 206 valence electrons. The summed E-state index contributed by atoms with van der Waals surface area (Å²) < 4.78 is 14.6. The van der Waals surface area contributed by atoms with Crippen LogP contribution in [0.3, 0.4) is 0 Å². The van der Waals surface area contributed by atoms with E-state index >= 15 is 0 Å². The number of hydrogen-bond donors (Lipinski definition) is 3. The number of hydrogen-bond acceptors (Lipinski definition) is 9. The highest BCUT2D eigenvalue weighted by Gasteiger charge is 2.29. The van der Waals surface area contributed by atoms with Crippen LogP contribution in [0.15, 0.2) is 42.6 Å². The third-order valence-electron chi connectivity index (χ3n) is 7.05. The van der Waals surface area contributed by atoms with Gasteiger partial charge in [-0.15, -0.1) is 10.2 Å². The standard InChI is InChI=1S/C27H32ClFN8O2/c1-35-8-10-36(11-9-35)7-5-26(39)32-25-13-20(4-6-30-25)31-24-14-23(21-12-19(28)2-3-22(21)29)33-34-27(24)37-15-18(16-37)17-38/h2-4,6,12-14,18,38H,5,7-11,15-17H2,1H3,(H2,30,31,32,33,39). The molecule has 2 saturated heterocycles. The molecule has 39 heavy (non-hydrogen) atoms. The van der Waals surface area contributed by atoms with E-state index < -0.39 is 5.82 Å². The zero-order valence-electron chi connectivity index (χ0n) is 21.8. The predicted octanol–water partition coefficient (Wildman–Crippen LogP) is 3.08. The summed E-state index contributed by atoms with van der Waals surface area (Å²) in [5, 5.41) is 24.7. The van der Waals surface area contributed by atoms with E-state index in [1.54, 1.807) is 24.4 Å². The van der Waals surface area contributed by atoms with Crippen molar-refractivity contribution in [1.82, 2.24) is 25.0 Å². The third-order valence-corrected chi connectivity index (χ3v) is 7.29. The lowest BCUT2D eigenvalue weighted by Crippen LogP contribution is -2.49. The quantitative estimate of drug-likeness (QED) is 0.367. The molecule has 3 aromatic rings. The maximum Gasteiger partial charge on any atom is 0.226 e. The lowest BCUT2D eigenvalue weighted by Gasteiger charge is -2.39. The Bertz CT molecular complexity index is 1310. The average molecular weight is 555 g/mol. The zero-order chi connectivity index (χ0) is 27.4. The van der Waals surface area contributed by atoms with Crippen LogP contribution >= 0.6 is 11.6 Å². The number of piperazine rings is 1. The second-order valence-corrected chi connectivity index (χ2v) is 10.5. The normalized spacial score (nSPS) is 16.7. The van der Waals surface area contributed by atoms with Crippen molar-refractivity contribution in [2.45, 2.75) is 6.42 Å². The molecule has 0 radical (unpaired) electrons. The van der Waals surface area contributed by atoms with Gasteiger partial charge in [-0.1, -0.05) is 11.6 Å². The van der Waals surface area contributed by atoms with Crippen molar-refractivity contribution < 1.29 is 14.3 Å². The summed E-state index contributed by atoms with van der Waals surface area (Å²) in [7, 11) is 2.10. The van der Waals surface area contributed by atoms with Gasteiger partial charge < -0.3 is 30.4 Å². The largest absolute Gasteiger partial charge is 0.396 e. The van der Waals surface area contributed by atoms with Crippen molar-refractivity contribution in [2.75, 3.05) is 75.0 Å². The Morgan fingerprint density at radius 1 is 1.13 bits per heavy atom. The maximum absolute atomic E-state index is 14.6. The number of likely N-dealkylation sites (N-methyl/N-ethyl adjacent to an activating group) is 1. The number of aliphatic hydroxyl groups excluding tert-OH is 1. The van der Waals surface area contributed by atoms with Gasteiger partial charge in [0.2, 0.25) is 5.91 Å². The second-order valence-electron chi connectivity index (χ2n) is 10.0. The summed E-state index contributed by atoms with van der Waals surface area (Å²) in [4.78, 5) is 23.5. The minimum atomic E-state index is -0.456. The van der Waals surface area contributed by atoms with Crippen LogP contribution in [-0.2, 0) is 4.79 Å². The predicted molar refractivity (Wildman–Crippen MR) is 150 cm³/mol. The molecule has 1 amide bonds. The summed E-state index contributed by atoms with van der Waals surface area (Å²) in [5.74, 6) is 0.623. The Labute approximate surface area is 231 Å². The van der Waals surface area contributed by atoms with Gasteiger partial charge >= 0.3 is 0 Å². The van der Waals surface area contributed by atoms with Gasteiger partial charge in [-0.2, -0.15) is 0 Å². The number of amides is 1. The summed E-state index contributed by atoms with van der Waals surface area (Å²) in [5.41, 5.74) is 1.84. The first-order valence-corrected chi connectivity index (χ1v) is 13.4. The van der Waals surface area contributed by atoms with Crippen LogP contribution in [0.4, 0.5) is 27.4 Å². The van der Waals surface area contributed by atoms with Gasteiger partial charge in [0.25, 0.3) is 0 Å². The molecular formula is C27H32ClFN8O2. The van der Waals surface area contributed by atoms with Crippen molar-refractivity contribution in [3.63, 3.8) is 0 Å². The first-order chi connectivity index (χ1) is 18.9. The Morgan fingerprint density at radius 3 is 2.69 bits per heavy atom. The first-order valence-electron chi connectivity index (χ1n) is 13.0. The number of carbonyl (C=O) groups excluding carboxylic acids is 1. The Kier molecular flexibility index (Phi) is 8.51. The topological polar surface area (TPSA) is 110 Å². The molecule has 0 atom stereocenters. The second kappa shape index (κ2) is 12.2. The summed E-state index contributed by atoms with van der Waals surface area (Å²) >= 11 is 6.10. The van der Waals surface area contributed by atoms with Gasteiger partial charge in [-0.3, -0.25) is 4.79 Å². The number of anilines is 4. The molecule has 10 nitrogen and oxygen atoms in total. The van der Waals surface area contributed by atoms with Crippen molar-refractivity contribution in [1.29, 1.82) is 0 Å². The number of pyridine rings is 1.